The molecule has 138 valence electrons. The topological polar surface area (TPSA) is 0 Å². The van der Waals surface area contributed by atoms with Gasteiger partial charge in [0, 0.05) is 0 Å². The molecule has 0 nitrogen and oxygen atoms in total. The summed E-state index contributed by atoms with van der Waals surface area (Å²) in [6.45, 7) is 8.70. The quantitative estimate of drug-likeness (QED) is 0.289. The lowest BCUT2D eigenvalue weighted by Crippen LogP contribution is -2.04. The van der Waals surface area contributed by atoms with E-state index < -0.39 is 0 Å². The van der Waals surface area contributed by atoms with Gasteiger partial charge in [0.05, 0.1) is 0 Å². The molecule has 0 aromatic heterocycles. The molecule has 0 spiro atoms. The largest absolute Gasteiger partial charge is 0.0885 e. The highest BCUT2D eigenvalue weighted by Gasteiger charge is 2.16. The van der Waals surface area contributed by atoms with Gasteiger partial charge in [-0.2, -0.15) is 0 Å². The van der Waals surface area contributed by atoms with Gasteiger partial charge < -0.3 is 0 Å². The maximum Gasteiger partial charge on any atom is -0.0000699 e. The van der Waals surface area contributed by atoms with E-state index in [0.29, 0.717) is 0 Å². The van der Waals surface area contributed by atoms with Crippen LogP contribution in [0, 0.1) is 0 Å². The summed E-state index contributed by atoms with van der Waals surface area (Å²) in [5.74, 6) is 0. The molecule has 24 heavy (non-hydrogen) atoms. The second-order valence-electron chi connectivity index (χ2n) is 7.37. The minimum Gasteiger partial charge on any atom is -0.0885 e. The molecule has 0 aliphatic heterocycles. The zero-order chi connectivity index (χ0) is 17.6. The Kier molecular flexibility index (Phi) is 12.6. The van der Waals surface area contributed by atoms with Gasteiger partial charge in [0.2, 0.25) is 0 Å². The molecule has 1 rings (SSSR count). The average molecular weight is 395 g/mol. The Balaban J connectivity index is 2.75. The van der Waals surface area contributed by atoms with Crippen LogP contribution in [0.4, 0.5) is 0 Å². The number of allylic oxidation sites excluding steroid dienone is 5. The molecule has 1 heteroatoms. The predicted molar refractivity (Wildman–Crippen MR) is 114 cm³/mol. The first-order chi connectivity index (χ1) is 11.7. The molecule has 0 aromatic rings. The summed E-state index contributed by atoms with van der Waals surface area (Å²) in [5, 5.41) is 0. The number of halogens is 1. The number of hydrogen-bond acceptors (Lipinski definition) is 0. The molecule has 0 radical (unpaired) electrons. The lowest BCUT2D eigenvalue weighted by molar-refractivity contribution is 0.632. The van der Waals surface area contributed by atoms with Gasteiger partial charge in [0.25, 0.3) is 0 Å². The van der Waals surface area contributed by atoms with E-state index in [0.717, 1.165) is 10.9 Å². The van der Waals surface area contributed by atoms with Crippen LogP contribution in [0.15, 0.2) is 33.9 Å². The molecule has 0 atom stereocenters. The van der Waals surface area contributed by atoms with E-state index in [1.807, 2.05) is 0 Å². The van der Waals surface area contributed by atoms with Crippen molar-refractivity contribution in [1.29, 1.82) is 0 Å². The van der Waals surface area contributed by atoms with Gasteiger partial charge in [-0.15, -0.1) is 0 Å². The van der Waals surface area contributed by atoms with Crippen LogP contribution in [0.3, 0.4) is 0 Å². The number of unbranched alkanes of at least 4 members (excludes halogenated alkanes) is 7. The van der Waals surface area contributed by atoms with Crippen molar-refractivity contribution in [2.45, 2.75) is 110 Å². The maximum atomic E-state index is 4.12. The summed E-state index contributed by atoms with van der Waals surface area (Å²) in [6, 6.07) is 0. The van der Waals surface area contributed by atoms with Gasteiger partial charge in [-0.3, -0.25) is 0 Å². The zero-order valence-corrected chi connectivity index (χ0v) is 17.9. The minimum atomic E-state index is 1.05. The summed E-state index contributed by atoms with van der Waals surface area (Å²) in [5.41, 5.74) is 5.05. The van der Waals surface area contributed by atoms with Crippen LogP contribution in [-0.2, 0) is 0 Å². The van der Waals surface area contributed by atoms with Crippen molar-refractivity contribution in [1.82, 2.24) is 0 Å². The van der Waals surface area contributed by atoms with Crippen molar-refractivity contribution < 1.29 is 0 Å². The van der Waals surface area contributed by atoms with Crippen molar-refractivity contribution >= 4 is 15.9 Å². The fraction of sp³-hybridized carbons (Fsp3) is 0.739. The molecule has 0 heterocycles. The van der Waals surface area contributed by atoms with Gasteiger partial charge >= 0.3 is 0 Å². The molecule has 0 amide bonds. The van der Waals surface area contributed by atoms with Crippen molar-refractivity contribution in [2.75, 3.05) is 0 Å². The van der Waals surface area contributed by atoms with Crippen molar-refractivity contribution in [3.63, 3.8) is 0 Å². The summed E-state index contributed by atoms with van der Waals surface area (Å²) in [4.78, 5) is 0. The van der Waals surface area contributed by atoms with E-state index in [9.17, 15) is 0 Å². The van der Waals surface area contributed by atoms with E-state index in [1.165, 1.54) is 89.9 Å². The summed E-state index contributed by atoms with van der Waals surface area (Å²) in [7, 11) is 0. The third-order valence-corrected chi connectivity index (χ3v) is 5.40. The first-order valence-electron chi connectivity index (χ1n) is 10.4. The molecule has 1 fully saturated rings. The maximum absolute atomic E-state index is 4.12. The summed E-state index contributed by atoms with van der Waals surface area (Å²) < 4.78 is 1.15. The van der Waals surface area contributed by atoms with E-state index in [2.05, 4.69) is 42.4 Å². The summed E-state index contributed by atoms with van der Waals surface area (Å²) >= 11 is 3.62. The second-order valence-corrected chi connectivity index (χ2v) is 8.49. The fourth-order valence-electron chi connectivity index (χ4n) is 3.75. The first-order valence-corrected chi connectivity index (χ1v) is 11.2. The van der Waals surface area contributed by atoms with Gasteiger partial charge in [0.1, 0.15) is 0 Å². The standard InChI is InChI=1S/C23H39Br/c1-4-6-8-10-12-15-21-16-13-14-18-23(21)22(19-20(3)24)17-11-9-7-5-2/h15H,3-14,16-19H2,1-2H3/b21-15-,23-22-. The molecular formula is C23H39Br. The van der Waals surface area contributed by atoms with E-state index >= 15 is 0 Å². The highest BCUT2D eigenvalue weighted by Crippen LogP contribution is 2.36. The molecular weight excluding hydrogens is 356 g/mol. The predicted octanol–water partition coefficient (Wildman–Crippen LogP) is 9.02. The lowest BCUT2D eigenvalue weighted by atomic mass is 9.83. The highest BCUT2D eigenvalue weighted by atomic mass is 79.9. The molecule has 1 aliphatic rings. The van der Waals surface area contributed by atoms with Crippen LogP contribution in [0.5, 0.6) is 0 Å². The summed E-state index contributed by atoms with van der Waals surface area (Å²) in [6.07, 6.45) is 22.4. The molecule has 1 saturated carbocycles. The normalized spacial score (nSPS) is 18.9. The van der Waals surface area contributed by atoms with Crippen LogP contribution in [0.25, 0.3) is 0 Å². The van der Waals surface area contributed by atoms with E-state index in [4.69, 9.17) is 0 Å². The Morgan fingerprint density at radius 3 is 2.29 bits per heavy atom. The van der Waals surface area contributed by atoms with Crippen molar-refractivity contribution in [3.8, 4) is 0 Å². The average Bonchev–Trinajstić information content (AvgIpc) is 2.57. The molecule has 0 N–H and O–H groups in total. The Labute approximate surface area is 160 Å². The monoisotopic (exact) mass is 394 g/mol. The van der Waals surface area contributed by atoms with Crippen LogP contribution < -0.4 is 0 Å². The van der Waals surface area contributed by atoms with Crippen molar-refractivity contribution in [3.05, 3.63) is 33.9 Å². The Morgan fingerprint density at radius 2 is 1.62 bits per heavy atom. The minimum absolute atomic E-state index is 1.05. The van der Waals surface area contributed by atoms with Crippen LogP contribution in [0.2, 0.25) is 0 Å². The Hall–Kier alpha value is -0.300. The van der Waals surface area contributed by atoms with Crippen molar-refractivity contribution in [2.24, 2.45) is 0 Å². The fourth-order valence-corrected chi connectivity index (χ4v) is 4.09. The first kappa shape index (κ1) is 21.7. The van der Waals surface area contributed by atoms with Gasteiger partial charge in [0.15, 0.2) is 0 Å². The SMILES string of the molecule is C=C(Br)C/C(CCCCCC)=C1/CCCC/C1=C/CCCCCC. The van der Waals surface area contributed by atoms with Crippen LogP contribution >= 0.6 is 15.9 Å². The van der Waals surface area contributed by atoms with Gasteiger partial charge in [-0.05, 0) is 73.4 Å². The van der Waals surface area contributed by atoms with E-state index in [-0.39, 0.29) is 0 Å². The third kappa shape index (κ3) is 9.25. The number of rotatable bonds is 12. The highest BCUT2D eigenvalue weighted by molar-refractivity contribution is 9.11. The zero-order valence-electron chi connectivity index (χ0n) is 16.3. The van der Waals surface area contributed by atoms with Gasteiger partial charge in [-0.25, -0.2) is 0 Å². The smallest absolute Gasteiger partial charge is 0.0000699 e. The molecule has 0 unspecified atom stereocenters. The Bertz CT molecular complexity index is 414. The molecule has 0 saturated heterocycles. The molecule has 0 aromatic carbocycles. The van der Waals surface area contributed by atoms with E-state index in [1.54, 1.807) is 16.7 Å². The third-order valence-electron chi connectivity index (χ3n) is 5.12. The number of hydrogen-bond donors (Lipinski definition) is 0. The second kappa shape index (κ2) is 13.9. The molecule has 0 bridgehead atoms. The lowest BCUT2D eigenvalue weighted by Gasteiger charge is -2.23. The van der Waals surface area contributed by atoms with Crippen LogP contribution in [0.1, 0.15) is 110 Å². The molecule has 1 aliphatic carbocycles. The van der Waals surface area contributed by atoms with Crippen LogP contribution in [-0.4, -0.2) is 0 Å². The van der Waals surface area contributed by atoms with Gasteiger partial charge in [-0.1, -0.05) is 86.5 Å². The Morgan fingerprint density at radius 1 is 0.958 bits per heavy atom.